The van der Waals surface area contributed by atoms with E-state index in [2.05, 4.69) is 13.0 Å². The molecule has 0 fully saturated rings. The summed E-state index contributed by atoms with van der Waals surface area (Å²) in [4.78, 5) is 25.6. The average Bonchev–Trinajstić information content (AvgIpc) is 3.01. The summed E-state index contributed by atoms with van der Waals surface area (Å²) < 4.78 is -0.672. The van der Waals surface area contributed by atoms with Crippen LogP contribution in [0.3, 0.4) is 0 Å². The first-order valence-electron chi connectivity index (χ1n) is 6.83. The summed E-state index contributed by atoms with van der Waals surface area (Å²) in [7, 11) is 0. The molecule has 0 bridgehead atoms. The number of carbonyl (C=O) groups is 2. The van der Waals surface area contributed by atoms with Crippen LogP contribution in [0.4, 0.5) is 5.69 Å². The number of fused-ring (bicyclic) bond motifs is 2. The fourth-order valence-electron chi connectivity index (χ4n) is 2.74. The highest BCUT2D eigenvalue weighted by Gasteiger charge is 2.53. The van der Waals surface area contributed by atoms with Crippen LogP contribution in [-0.4, -0.2) is 18.4 Å². The molecule has 1 aromatic rings. The van der Waals surface area contributed by atoms with Gasteiger partial charge in [-0.05, 0) is 28.9 Å². The molecule has 1 spiro atoms. The molecule has 0 saturated heterocycles. The van der Waals surface area contributed by atoms with Gasteiger partial charge in [0.2, 0.25) is 5.91 Å². The number of anilines is 1. The molecular weight excluding hydrogens is 304 g/mol. The van der Waals surface area contributed by atoms with E-state index in [4.69, 9.17) is 5.73 Å². The van der Waals surface area contributed by atoms with Crippen LogP contribution in [0.5, 0.6) is 0 Å². The molecule has 2 heterocycles. The van der Waals surface area contributed by atoms with E-state index in [-0.39, 0.29) is 12.5 Å². The lowest BCUT2D eigenvalue weighted by Crippen LogP contribution is -2.40. The van der Waals surface area contributed by atoms with Gasteiger partial charge in [0.05, 0.1) is 5.69 Å². The smallest absolute Gasteiger partial charge is 0.259 e. The predicted molar refractivity (Wildman–Crippen MR) is 88.0 cm³/mol. The maximum atomic E-state index is 12.8. The van der Waals surface area contributed by atoms with Gasteiger partial charge in [0.15, 0.2) is 4.08 Å². The summed E-state index contributed by atoms with van der Waals surface area (Å²) in [5.74, 6) is -0.560. The molecule has 1 aromatic carbocycles. The lowest BCUT2D eigenvalue weighted by molar-refractivity contribution is -0.122. The normalized spacial score (nSPS) is 18.5. The van der Waals surface area contributed by atoms with E-state index in [1.807, 2.05) is 22.9 Å². The standard InChI is InChI=1S/C15H16N2O2S2/c1-2-3-10-4-5-12-11(8-10)15(20-6-7-21-15)14(19)17(12)9-13(16)18/h4-8H,2-3,9H2,1H3,(H2,16,18). The fourth-order valence-corrected chi connectivity index (χ4v) is 5.13. The summed E-state index contributed by atoms with van der Waals surface area (Å²) in [6, 6.07) is 6.07. The number of nitrogens with two attached hydrogens (primary N) is 1. The Morgan fingerprint density at radius 1 is 1.33 bits per heavy atom. The van der Waals surface area contributed by atoms with Gasteiger partial charge >= 0.3 is 0 Å². The molecule has 0 aliphatic carbocycles. The molecule has 2 amide bonds. The van der Waals surface area contributed by atoms with Gasteiger partial charge in [-0.2, -0.15) is 0 Å². The zero-order chi connectivity index (χ0) is 15.0. The molecule has 2 N–H and O–H groups in total. The monoisotopic (exact) mass is 320 g/mol. The first kappa shape index (κ1) is 14.5. The number of hydrogen-bond acceptors (Lipinski definition) is 4. The molecule has 110 valence electrons. The number of benzene rings is 1. The van der Waals surface area contributed by atoms with Crippen molar-refractivity contribution >= 4 is 41.0 Å². The van der Waals surface area contributed by atoms with Crippen LogP contribution < -0.4 is 10.6 Å². The van der Waals surface area contributed by atoms with Crippen LogP contribution in [0.1, 0.15) is 24.5 Å². The minimum Gasteiger partial charge on any atom is -0.368 e. The summed E-state index contributed by atoms with van der Waals surface area (Å²) >= 11 is 3.00. The first-order valence-corrected chi connectivity index (χ1v) is 8.58. The van der Waals surface area contributed by atoms with E-state index in [1.165, 1.54) is 34.0 Å². The Balaban J connectivity index is 2.09. The Morgan fingerprint density at radius 2 is 2.05 bits per heavy atom. The van der Waals surface area contributed by atoms with Gasteiger partial charge in [0.25, 0.3) is 5.91 Å². The topological polar surface area (TPSA) is 63.4 Å². The number of aryl methyl sites for hydroxylation is 1. The third kappa shape index (κ3) is 2.26. The lowest BCUT2D eigenvalue weighted by Gasteiger charge is -2.21. The Kier molecular flexibility index (Phi) is 3.75. The van der Waals surface area contributed by atoms with Crippen molar-refractivity contribution in [2.75, 3.05) is 11.4 Å². The van der Waals surface area contributed by atoms with E-state index < -0.39 is 9.99 Å². The second kappa shape index (κ2) is 5.42. The van der Waals surface area contributed by atoms with E-state index in [1.54, 1.807) is 0 Å². The van der Waals surface area contributed by atoms with E-state index in [9.17, 15) is 9.59 Å². The van der Waals surface area contributed by atoms with Crippen molar-refractivity contribution in [1.29, 1.82) is 0 Å². The zero-order valence-electron chi connectivity index (χ0n) is 11.7. The Labute approximate surface area is 132 Å². The van der Waals surface area contributed by atoms with E-state index in [0.717, 1.165) is 24.1 Å². The van der Waals surface area contributed by atoms with Crippen LogP contribution in [-0.2, 0) is 20.1 Å². The van der Waals surface area contributed by atoms with Gasteiger partial charge in [0, 0.05) is 5.56 Å². The molecule has 4 nitrogen and oxygen atoms in total. The second-order valence-electron chi connectivity index (χ2n) is 5.08. The number of nitrogens with zero attached hydrogens (tertiary/aromatic N) is 1. The van der Waals surface area contributed by atoms with Crippen molar-refractivity contribution in [3.8, 4) is 0 Å². The molecular formula is C15H16N2O2S2. The number of thioether (sulfide) groups is 2. The van der Waals surface area contributed by atoms with Gasteiger partial charge in [-0.25, -0.2) is 0 Å². The van der Waals surface area contributed by atoms with Crippen molar-refractivity contribution in [1.82, 2.24) is 0 Å². The summed E-state index contributed by atoms with van der Waals surface area (Å²) in [6.45, 7) is 2.07. The lowest BCUT2D eigenvalue weighted by atomic mass is 10.0. The quantitative estimate of drug-likeness (QED) is 0.926. The van der Waals surface area contributed by atoms with Gasteiger partial charge in [-0.15, -0.1) is 23.5 Å². The molecule has 0 unspecified atom stereocenters. The summed E-state index contributed by atoms with van der Waals surface area (Å²) in [6.07, 6.45) is 2.04. The molecule has 6 heteroatoms. The largest absolute Gasteiger partial charge is 0.368 e. The fraction of sp³-hybridized carbons (Fsp3) is 0.333. The Bertz CT molecular complexity index is 635. The van der Waals surface area contributed by atoms with Crippen LogP contribution in [0.2, 0.25) is 0 Å². The number of primary amides is 1. The molecule has 2 aliphatic heterocycles. The van der Waals surface area contributed by atoms with E-state index >= 15 is 0 Å². The van der Waals surface area contributed by atoms with Crippen molar-refractivity contribution < 1.29 is 9.59 Å². The predicted octanol–water partition coefficient (Wildman–Crippen LogP) is 2.58. The third-order valence-corrected chi connectivity index (χ3v) is 6.36. The number of hydrogen-bond donors (Lipinski definition) is 1. The minimum atomic E-state index is -0.672. The van der Waals surface area contributed by atoms with Crippen molar-refractivity contribution in [3.05, 3.63) is 40.1 Å². The number of amides is 2. The molecule has 0 atom stereocenters. The molecule has 0 aromatic heterocycles. The maximum absolute atomic E-state index is 12.8. The number of carbonyl (C=O) groups excluding carboxylic acids is 2. The van der Waals surface area contributed by atoms with Crippen LogP contribution >= 0.6 is 23.5 Å². The third-order valence-electron chi connectivity index (χ3n) is 3.61. The second-order valence-corrected chi connectivity index (χ2v) is 7.58. The Morgan fingerprint density at radius 3 is 2.67 bits per heavy atom. The molecule has 0 radical (unpaired) electrons. The molecule has 0 saturated carbocycles. The SMILES string of the molecule is CCCc1ccc2c(c1)C1(SC=CS1)C(=O)N2CC(N)=O. The summed E-state index contributed by atoms with van der Waals surface area (Å²) in [5.41, 5.74) is 8.31. The van der Waals surface area contributed by atoms with Crippen LogP contribution in [0.15, 0.2) is 29.0 Å². The van der Waals surface area contributed by atoms with Gasteiger partial charge in [-0.1, -0.05) is 25.5 Å². The van der Waals surface area contributed by atoms with Crippen LogP contribution in [0.25, 0.3) is 0 Å². The Hall–Kier alpha value is -1.40. The minimum absolute atomic E-state index is 0.0649. The van der Waals surface area contributed by atoms with Crippen molar-refractivity contribution in [2.45, 2.75) is 23.8 Å². The average molecular weight is 320 g/mol. The molecule has 2 aliphatic rings. The highest BCUT2D eigenvalue weighted by atomic mass is 32.2. The zero-order valence-corrected chi connectivity index (χ0v) is 13.3. The molecule has 21 heavy (non-hydrogen) atoms. The van der Waals surface area contributed by atoms with Crippen molar-refractivity contribution in [3.63, 3.8) is 0 Å². The van der Waals surface area contributed by atoms with Gasteiger partial charge in [-0.3, -0.25) is 9.59 Å². The highest BCUT2D eigenvalue weighted by Crippen LogP contribution is 2.60. The van der Waals surface area contributed by atoms with Crippen LogP contribution in [0, 0.1) is 0 Å². The van der Waals surface area contributed by atoms with Crippen molar-refractivity contribution in [2.24, 2.45) is 5.73 Å². The highest BCUT2D eigenvalue weighted by molar-refractivity contribution is 8.24. The number of rotatable bonds is 4. The van der Waals surface area contributed by atoms with Gasteiger partial charge < -0.3 is 10.6 Å². The molecule has 3 rings (SSSR count). The summed E-state index contributed by atoms with van der Waals surface area (Å²) in [5, 5.41) is 3.87. The maximum Gasteiger partial charge on any atom is 0.259 e. The van der Waals surface area contributed by atoms with E-state index in [0.29, 0.717) is 0 Å². The first-order chi connectivity index (χ1) is 10.1. The van der Waals surface area contributed by atoms with Gasteiger partial charge in [0.1, 0.15) is 6.54 Å².